The lowest BCUT2D eigenvalue weighted by molar-refractivity contribution is -0.112. The van der Waals surface area contributed by atoms with Gasteiger partial charge in [0.15, 0.2) is 5.78 Å². The van der Waals surface area contributed by atoms with Crippen molar-refractivity contribution in [2.24, 2.45) is 0 Å². The lowest BCUT2D eigenvalue weighted by atomic mass is 9.87. The molecular formula is C18H16N2O. The molecule has 0 aliphatic heterocycles. The van der Waals surface area contributed by atoms with Gasteiger partial charge in [-0.25, -0.2) is 0 Å². The molecule has 21 heavy (non-hydrogen) atoms. The first kappa shape index (κ1) is 13.4. The molecule has 104 valence electrons. The topological polar surface area (TPSA) is 42.9 Å². The molecule has 1 fully saturated rings. The van der Waals surface area contributed by atoms with Crippen LogP contribution >= 0.6 is 0 Å². The van der Waals surface area contributed by atoms with Gasteiger partial charge in [-0.1, -0.05) is 0 Å². The fourth-order valence-corrected chi connectivity index (χ4v) is 2.50. The number of hydrogen-bond donors (Lipinski definition) is 0. The van der Waals surface area contributed by atoms with Crippen molar-refractivity contribution in [3.05, 3.63) is 71.3 Å². The standard InChI is InChI=1S/C18H16N2O/c21-18-16(12-14-4-8-19-9-5-14)2-1-3-17(18)13-15-6-10-20-11-7-15/h4-13H,1-3H2. The minimum absolute atomic E-state index is 0.162. The van der Waals surface area contributed by atoms with Gasteiger partial charge in [0.2, 0.25) is 0 Å². The van der Waals surface area contributed by atoms with Gasteiger partial charge >= 0.3 is 0 Å². The molecule has 3 rings (SSSR count). The molecular weight excluding hydrogens is 260 g/mol. The second-order valence-corrected chi connectivity index (χ2v) is 5.08. The van der Waals surface area contributed by atoms with E-state index in [4.69, 9.17) is 0 Å². The zero-order valence-electron chi connectivity index (χ0n) is 11.7. The summed E-state index contributed by atoms with van der Waals surface area (Å²) in [6, 6.07) is 7.67. The summed E-state index contributed by atoms with van der Waals surface area (Å²) in [6.45, 7) is 0. The molecule has 2 aromatic rings. The fraction of sp³-hybridized carbons (Fsp3) is 0.167. The molecule has 0 aromatic carbocycles. The van der Waals surface area contributed by atoms with Gasteiger partial charge in [-0.15, -0.1) is 0 Å². The van der Waals surface area contributed by atoms with E-state index >= 15 is 0 Å². The zero-order chi connectivity index (χ0) is 14.5. The van der Waals surface area contributed by atoms with Crippen LogP contribution in [0.3, 0.4) is 0 Å². The molecule has 0 saturated heterocycles. The summed E-state index contributed by atoms with van der Waals surface area (Å²) in [7, 11) is 0. The van der Waals surface area contributed by atoms with Crippen LogP contribution in [0, 0.1) is 0 Å². The monoisotopic (exact) mass is 276 g/mol. The predicted octanol–water partition coefficient (Wildman–Crippen LogP) is 3.70. The third-order valence-corrected chi connectivity index (χ3v) is 3.57. The van der Waals surface area contributed by atoms with Gasteiger partial charge in [-0.2, -0.15) is 0 Å². The largest absolute Gasteiger partial charge is 0.289 e. The first-order valence-electron chi connectivity index (χ1n) is 7.09. The van der Waals surface area contributed by atoms with E-state index in [2.05, 4.69) is 9.97 Å². The van der Waals surface area contributed by atoms with E-state index in [-0.39, 0.29) is 5.78 Å². The van der Waals surface area contributed by atoms with Gasteiger partial charge in [0.25, 0.3) is 0 Å². The molecule has 2 aromatic heterocycles. The molecule has 1 aliphatic rings. The van der Waals surface area contributed by atoms with Crippen LogP contribution in [0.5, 0.6) is 0 Å². The third kappa shape index (κ3) is 3.31. The normalized spacial score (nSPS) is 19.1. The number of aromatic nitrogens is 2. The summed E-state index contributed by atoms with van der Waals surface area (Å²) in [4.78, 5) is 20.6. The van der Waals surface area contributed by atoms with Gasteiger partial charge in [0, 0.05) is 35.9 Å². The van der Waals surface area contributed by atoms with E-state index in [0.29, 0.717) is 0 Å². The van der Waals surface area contributed by atoms with Gasteiger partial charge in [-0.3, -0.25) is 14.8 Å². The number of nitrogens with zero attached hydrogens (tertiary/aromatic N) is 2. The Balaban J connectivity index is 1.88. The summed E-state index contributed by atoms with van der Waals surface area (Å²) in [6.07, 6.45) is 13.6. The molecule has 1 saturated carbocycles. The minimum Gasteiger partial charge on any atom is -0.289 e. The van der Waals surface area contributed by atoms with E-state index in [0.717, 1.165) is 41.5 Å². The van der Waals surface area contributed by atoms with Crippen molar-refractivity contribution in [1.29, 1.82) is 0 Å². The van der Waals surface area contributed by atoms with Gasteiger partial charge in [0.1, 0.15) is 0 Å². The number of allylic oxidation sites excluding steroid dienone is 2. The van der Waals surface area contributed by atoms with Crippen LogP contribution in [0.25, 0.3) is 12.2 Å². The van der Waals surface area contributed by atoms with Crippen LogP contribution in [0.1, 0.15) is 30.4 Å². The molecule has 3 nitrogen and oxygen atoms in total. The maximum atomic E-state index is 12.6. The second kappa shape index (κ2) is 6.27. The Morgan fingerprint density at radius 1 is 0.762 bits per heavy atom. The van der Waals surface area contributed by atoms with Crippen molar-refractivity contribution < 1.29 is 4.79 Å². The molecule has 2 heterocycles. The average molecular weight is 276 g/mol. The number of hydrogen-bond acceptors (Lipinski definition) is 3. The van der Waals surface area contributed by atoms with E-state index < -0.39 is 0 Å². The SMILES string of the molecule is O=C1C(=Cc2ccncc2)CCCC1=Cc1ccncc1. The number of Topliss-reactive ketones (excluding diaryl/α,β-unsaturated/α-hetero) is 1. The van der Waals surface area contributed by atoms with E-state index in [1.54, 1.807) is 24.8 Å². The average Bonchev–Trinajstić information content (AvgIpc) is 2.53. The molecule has 0 radical (unpaired) electrons. The second-order valence-electron chi connectivity index (χ2n) is 5.08. The summed E-state index contributed by atoms with van der Waals surface area (Å²) in [5.41, 5.74) is 3.82. The molecule has 3 heteroatoms. The predicted molar refractivity (Wildman–Crippen MR) is 83.3 cm³/mol. The maximum absolute atomic E-state index is 12.6. The third-order valence-electron chi connectivity index (χ3n) is 3.57. The van der Waals surface area contributed by atoms with Gasteiger partial charge < -0.3 is 0 Å². The lowest BCUT2D eigenvalue weighted by Crippen LogP contribution is -2.12. The van der Waals surface area contributed by atoms with Crippen molar-refractivity contribution in [3.63, 3.8) is 0 Å². The van der Waals surface area contributed by atoms with Gasteiger partial charge in [-0.05, 0) is 66.8 Å². The molecule has 0 amide bonds. The number of ketones is 1. The Morgan fingerprint density at radius 3 is 1.62 bits per heavy atom. The fourth-order valence-electron chi connectivity index (χ4n) is 2.50. The van der Waals surface area contributed by atoms with Crippen LogP contribution in [0.15, 0.2) is 60.2 Å². The highest BCUT2D eigenvalue weighted by Crippen LogP contribution is 2.27. The van der Waals surface area contributed by atoms with Crippen LogP contribution in [0.2, 0.25) is 0 Å². The number of carbonyl (C=O) groups is 1. The Morgan fingerprint density at radius 2 is 1.19 bits per heavy atom. The highest BCUT2D eigenvalue weighted by molar-refractivity contribution is 6.13. The molecule has 0 spiro atoms. The highest BCUT2D eigenvalue weighted by atomic mass is 16.1. The highest BCUT2D eigenvalue weighted by Gasteiger charge is 2.20. The van der Waals surface area contributed by atoms with Crippen LogP contribution in [0.4, 0.5) is 0 Å². The lowest BCUT2D eigenvalue weighted by Gasteiger charge is -2.16. The maximum Gasteiger partial charge on any atom is 0.185 e. The van der Waals surface area contributed by atoms with Crippen molar-refractivity contribution >= 4 is 17.9 Å². The van der Waals surface area contributed by atoms with E-state index in [1.165, 1.54) is 0 Å². The molecule has 0 bridgehead atoms. The van der Waals surface area contributed by atoms with Crippen molar-refractivity contribution in [3.8, 4) is 0 Å². The van der Waals surface area contributed by atoms with Crippen molar-refractivity contribution in [2.45, 2.75) is 19.3 Å². The molecule has 0 N–H and O–H groups in total. The quantitative estimate of drug-likeness (QED) is 0.785. The number of carbonyl (C=O) groups excluding carboxylic acids is 1. The summed E-state index contributed by atoms with van der Waals surface area (Å²) >= 11 is 0. The summed E-state index contributed by atoms with van der Waals surface area (Å²) < 4.78 is 0. The summed E-state index contributed by atoms with van der Waals surface area (Å²) in [5.74, 6) is 0.162. The van der Waals surface area contributed by atoms with Crippen molar-refractivity contribution in [1.82, 2.24) is 9.97 Å². The van der Waals surface area contributed by atoms with Gasteiger partial charge in [0.05, 0.1) is 0 Å². The summed E-state index contributed by atoms with van der Waals surface area (Å²) in [5, 5.41) is 0. The minimum atomic E-state index is 0.162. The van der Waals surface area contributed by atoms with Crippen molar-refractivity contribution in [2.75, 3.05) is 0 Å². The van der Waals surface area contributed by atoms with Crippen LogP contribution in [-0.4, -0.2) is 15.8 Å². The smallest absolute Gasteiger partial charge is 0.185 e. The van der Waals surface area contributed by atoms with Crippen LogP contribution < -0.4 is 0 Å². The number of rotatable bonds is 2. The Bertz CT molecular complexity index is 628. The Labute approximate surface area is 124 Å². The van der Waals surface area contributed by atoms with E-state index in [9.17, 15) is 4.79 Å². The molecule has 0 unspecified atom stereocenters. The first-order chi connectivity index (χ1) is 10.3. The Hall–Kier alpha value is -2.55. The molecule has 1 aliphatic carbocycles. The van der Waals surface area contributed by atoms with E-state index in [1.807, 2.05) is 36.4 Å². The first-order valence-corrected chi connectivity index (χ1v) is 7.09. The van der Waals surface area contributed by atoms with Crippen LogP contribution in [-0.2, 0) is 4.79 Å². The zero-order valence-corrected chi connectivity index (χ0v) is 11.7. The Kier molecular flexibility index (Phi) is 4.01. The number of pyridine rings is 2. The molecule has 0 atom stereocenters.